The molecule has 5 rings (SSSR count). The van der Waals surface area contributed by atoms with Gasteiger partial charge in [0.15, 0.2) is 6.29 Å². The zero-order valence-corrected chi connectivity index (χ0v) is 25.4. The van der Waals surface area contributed by atoms with E-state index in [1.165, 1.54) is 32.1 Å². The fourth-order valence-corrected chi connectivity index (χ4v) is 9.87. The Morgan fingerprint density at radius 1 is 0.974 bits per heavy atom. The van der Waals surface area contributed by atoms with E-state index in [4.69, 9.17) is 9.47 Å². The molecule has 0 unspecified atom stereocenters. The van der Waals surface area contributed by atoms with Gasteiger partial charge < -0.3 is 24.8 Å². The Morgan fingerprint density at radius 2 is 1.69 bits per heavy atom. The maximum Gasteiger partial charge on any atom is 0.186 e. The Kier molecular flexibility index (Phi) is 8.79. The molecule has 13 atom stereocenters. The van der Waals surface area contributed by atoms with Crippen LogP contribution in [0, 0.1) is 52.3 Å². The SMILES string of the molecule is CC[C@@H](/C=C/[C@@H](C)[C@H]1CC[C@H]2C3=CC[C@H]4C[C@@H](O[C@@H]5OC[C@@H](O)[C@H](O)[C@H]5O)CC[C@]4(C)[C@H]3CC[C@]12C)C(C)C. The van der Waals surface area contributed by atoms with Crippen molar-refractivity contribution in [2.24, 2.45) is 52.3 Å². The highest BCUT2D eigenvalue weighted by Gasteiger charge is 2.58. The molecular formula is C34H56O5. The molecule has 3 saturated carbocycles. The lowest BCUT2D eigenvalue weighted by atomic mass is 9.47. The maximum absolute atomic E-state index is 10.4. The van der Waals surface area contributed by atoms with Crippen LogP contribution >= 0.6 is 0 Å². The summed E-state index contributed by atoms with van der Waals surface area (Å²) in [7, 11) is 0. The molecule has 39 heavy (non-hydrogen) atoms. The molecule has 0 bridgehead atoms. The van der Waals surface area contributed by atoms with Crippen LogP contribution in [0.25, 0.3) is 0 Å². The molecule has 1 saturated heterocycles. The smallest absolute Gasteiger partial charge is 0.186 e. The Balaban J connectivity index is 1.26. The topological polar surface area (TPSA) is 79.2 Å². The lowest BCUT2D eigenvalue weighted by molar-refractivity contribution is -0.288. The summed E-state index contributed by atoms with van der Waals surface area (Å²) in [5.74, 6) is 4.80. The minimum atomic E-state index is -1.22. The zero-order chi connectivity index (χ0) is 28.1. The second-order valence-corrected chi connectivity index (χ2v) is 14.8. The van der Waals surface area contributed by atoms with Gasteiger partial charge in [-0.15, -0.1) is 0 Å². The molecule has 4 fully saturated rings. The van der Waals surface area contributed by atoms with E-state index in [-0.39, 0.29) is 12.7 Å². The molecule has 5 aliphatic rings. The number of allylic oxidation sites excluding steroid dienone is 4. The molecule has 0 amide bonds. The van der Waals surface area contributed by atoms with Crippen molar-refractivity contribution < 1.29 is 24.8 Å². The molecule has 0 radical (unpaired) electrons. The number of aliphatic hydroxyl groups excluding tert-OH is 3. The van der Waals surface area contributed by atoms with E-state index >= 15 is 0 Å². The van der Waals surface area contributed by atoms with Crippen molar-refractivity contribution in [2.75, 3.05) is 6.61 Å². The standard InChI is InChI=1S/C34H56O5/c1-7-22(20(2)3)9-8-21(4)26-12-13-27-25-11-10-23-18-24(39-32-31(37)30(36)29(35)19-38-32)14-16-33(23,5)28(25)15-17-34(26,27)6/h8-9,11,20-24,26-32,35-37H,7,10,12-19H2,1-6H3/b9-8+/t21-,22+,23+,24+,26-,27+,28+,29-,30+,31-,32+,33+,34-/m1/s1. The second-order valence-electron chi connectivity index (χ2n) is 14.8. The largest absolute Gasteiger partial charge is 0.388 e. The van der Waals surface area contributed by atoms with Gasteiger partial charge in [0.2, 0.25) is 0 Å². The zero-order valence-electron chi connectivity index (χ0n) is 25.4. The molecule has 0 aromatic heterocycles. The maximum atomic E-state index is 10.4. The Hall–Kier alpha value is -0.720. The molecule has 5 nitrogen and oxygen atoms in total. The summed E-state index contributed by atoms with van der Waals surface area (Å²) >= 11 is 0. The highest BCUT2D eigenvalue weighted by molar-refractivity contribution is 5.28. The van der Waals surface area contributed by atoms with E-state index in [0.29, 0.717) is 40.4 Å². The van der Waals surface area contributed by atoms with Gasteiger partial charge in [0.25, 0.3) is 0 Å². The van der Waals surface area contributed by atoms with Crippen molar-refractivity contribution in [3.8, 4) is 0 Å². The number of hydrogen-bond donors (Lipinski definition) is 3. The van der Waals surface area contributed by atoms with Crippen LogP contribution in [0.5, 0.6) is 0 Å². The van der Waals surface area contributed by atoms with E-state index in [9.17, 15) is 15.3 Å². The third-order valence-corrected chi connectivity index (χ3v) is 12.5. The van der Waals surface area contributed by atoms with E-state index in [0.717, 1.165) is 37.5 Å². The third kappa shape index (κ3) is 5.33. The summed E-state index contributed by atoms with van der Waals surface area (Å²) < 4.78 is 11.8. The minimum absolute atomic E-state index is 0.00258. The van der Waals surface area contributed by atoms with Crippen LogP contribution in [0.1, 0.15) is 99.3 Å². The van der Waals surface area contributed by atoms with Gasteiger partial charge in [-0.1, -0.05) is 65.3 Å². The summed E-state index contributed by atoms with van der Waals surface area (Å²) in [6.07, 6.45) is 14.2. The molecular weight excluding hydrogens is 488 g/mol. The van der Waals surface area contributed by atoms with Crippen molar-refractivity contribution >= 4 is 0 Å². The van der Waals surface area contributed by atoms with Gasteiger partial charge in [0.05, 0.1) is 12.7 Å². The van der Waals surface area contributed by atoms with Gasteiger partial charge in [0.1, 0.15) is 18.3 Å². The van der Waals surface area contributed by atoms with Crippen molar-refractivity contribution in [3.63, 3.8) is 0 Å². The summed E-state index contributed by atoms with van der Waals surface area (Å²) in [6, 6.07) is 0. The average molecular weight is 545 g/mol. The quantitative estimate of drug-likeness (QED) is 0.330. The number of hydrogen-bond acceptors (Lipinski definition) is 5. The molecule has 0 spiro atoms. The number of ether oxygens (including phenoxy) is 2. The molecule has 1 aliphatic heterocycles. The van der Waals surface area contributed by atoms with Crippen molar-refractivity contribution in [1.82, 2.24) is 0 Å². The number of rotatable bonds is 7. The van der Waals surface area contributed by atoms with Crippen LogP contribution in [0.4, 0.5) is 0 Å². The number of aliphatic hydroxyl groups is 3. The molecule has 4 aliphatic carbocycles. The van der Waals surface area contributed by atoms with Gasteiger partial charge in [-0.05, 0) is 110 Å². The lowest BCUT2D eigenvalue weighted by Crippen LogP contribution is -2.55. The van der Waals surface area contributed by atoms with Crippen LogP contribution in [0.15, 0.2) is 23.8 Å². The fraction of sp³-hybridized carbons (Fsp3) is 0.882. The highest BCUT2D eigenvalue weighted by Crippen LogP contribution is 2.67. The number of fused-ring (bicyclic) bond motifs is 5. The molecule has 0 aromatic rings. The third-order valence-electron chi connectivity index (χ3n) is 12.5. The van der Waals surface area contributed by atoms with Gasteiger partial charge in [0, 0.05) is 0 Å². The Labute approximate surface area is 237 Å². The first-order chi connectivity index (χ1) is 18.5. The van der Waals surface area contributed by atoms with E-state index in [2.05, 4.69) is 59.8 Å². The van der Waals surface area contributed by atoms with E-state index in [1.807, 2.05) is 0 Å². The second kappa shape index (κ2) is 11.5. The Morgan fingerprint density at radius 3 is 2.41 bits per heavy atom. The van der Waals surface area contributed by atoms with Gasteiger partial charge in [-0.25, -0.2) is 0 Å². The average Bonchev–Trinajstić information content (AvgIpc) is 3.26. The summed E-state index contributed by atoms with van der Waals surface area (Å²) in [5, 5.41) is 30.2. The monoisotopic (exact) mass is 544 g/mol. The highest BCUT2D eigenvalue weighted by atomic mass is 16.7. The van der Waals surface area contributed by atoms with Gasteiger partial charge in [-0.3, -0.25) is 0 Å². The molecule has 1 heterocycles. The van der Waals surface area contributed by atoms with Crippen LogP contribution < -0.4 is 0 Å². The predicted molar refractivity (Wildman–Crippen MR) is 155 cm³/mol. The van der Waals surface area contributed by atoms with E-state index in [1.54, 1.807) is 5.57 Å². The summed E-state index contributed by atoms with van der Waals surface area (Å²) in [4.78, 5) is 0. The van der Waals surface area contributed by atoms with Gasteiger partial charge in [-0.2, -0.15) is 0 Å². The van der Waals surface area contributed by atoms with Crippen molar-refractivity contribution in [3.05, 3.63) is 23.8 Å². The van der Waals surface area contributed by atoms with Crippen LogP contribution in [-0.2, 0) is 9.47 Å². The first-order valence-corrected chi connectivity index (χ1v) is 16.2. The summed E-state index contributed by atoms with van der Waals surface area (Å²) in [5.41, 5.74) is 2.51. The van der Waals surface area contributed by atoms with Gasteiger partial charge >= 0.3 is 0 Å². The van der Waals surface area contributed by atoms with Crippen LogP contribution in [-0.4, -0.2) is 52.6 Å². The van der Waals surface area contributed by atoms with E-state index < -0.39 is 24.6 Å². The molecule has 5 heteroatoms. The minimum Gasteiger partial charge on any atom is -0.388 e. The van der Waals surface area contributed by atoms with Crippen molar-refractivity contribution in [2.45, 2.75) is 130 Å². The van der Waals surface area contributed by atoms with Crippen LogP contribution in [0.2, 0.25) is 0 Å². The Bertz CT molecular complexity index is 913. The predicted octanol–water partition coefficient (Wildman–Crippen LogP) is 6.26. The first kappa shape index (κ1) is 29.8. The summed E-state index contributed by atoms with van der Waals surface area (Å²) in [6.45, 7) is 14.7. The van der Waals surface area contributed by atoms with Crippen LogP contribution in [0.3, 0.4) is 0 Å². The fourth-order valence-electron chi connectivity index (χ4n) is 9.87. The molecule has 3 N–H and O–H groups in total. The van der Waals surface area contributed by atoms with Crippen molar-refractivity contribution in [1.29, 1.82) is 0 Å². The first-order valence-electron chi connectivity index (χ1n) is 16.2. The molecule has 222 valence electrons. The lowest BCUT2D eigenvalue weighted by Gasteiger charge is -2.58. The molecule has 0 aromatic carbocycles. The normalized spacial score (nSPS) is 47.8.